The lowest BCUT2D eigenvalue weighted by molar-refractivity contribution is -0.133. The summed E-state index contributed by atoms with van der Waals surface area (Å²) < 4.78 is 0. The third-order valence-electron chi connectivity index (χ3n) is 4.96. The normalized spacial score (nSPS) is 32.4. The highest BCUT2D eigenvalue weighted by Crippen LogP contribution is 2.29. The average molecular weight is 252 g/mol. The maximum Gasteiger partial charge on any atom is 0.222 e. The molecule has 1 aliphatic carbocycles. The Morgan fingerprint density at radius 1 is 1.17 bits per heavy atom. The molecule has 104 valence electrons. The number of amides is 1. The van der Waals surface area contributed by atoms with E-state index in [-0.39, 0.29) is 0 Å². The van der Waals surface area contributed by atoms with Crippen LogP contribution in [0.25, 0.3) is 0 Å². The SMILES string of the molecule is CCC1CCC(N(C)C(=O)CC2CCNC2)CC1. The summed E-state index contributed by atoms with van der Waals surface area (Å²) in [6, 6.07) is 0.509. The molecule has 1 N–H and O–H groups in total. The minimum atomic E-state index is 0.364. The highest BCUT2D eigenvalue weighted by atomic mass is 16.2. The van der Waals surface area contributed by atoms with Crippen molar-refractivity contribution in [3.05, 3.63) is 0 Å². The first-order valence-electron chi connectivity index (χ1n) is 7.67. The van der Waals surface area contributed by atoms with E-state index in [1.54, 1.807) is 0 Å². The molecule has 0 aromatic heterocycles. The van der Waals surface area contributed by atoms with Gasteiger partial charge < -0.3 is 10.2 Å². The summed E-state index contributed by atoms with van der Waals surface area (Å²) in [5, 5.41) is 3.34. The zero-order chi connectivity index (χ0) is 13.0. The van der Waals surface area contributed by atoms with Gasteiger partial charge in [-0.3, -0.25) is 4.79 Å². The van der Waals surface area contributed by atoms with E-state index in [9.17, 15) is 4.79 Å². The summed E-state index contributed by atoms with van der Waals surface area (Å²) in [4.78, 5) is 14.3. The van der Waals surface area contributed by atoms with Crippen LogP contribution in [0.2, 0.25) is 0 Å². The van der Waals surface area contributed by atoms with Gasteiger partial charge in [-0.1, -0.05) is 13.3 Å². The highest BCUT2D eigenvalue weighted by Gasteiger charge is 2.27. The molecule has 18 heavy (non-hydrogen) atoms. The lowest BCUT2D eigenvalue weighted by Crippen LogP contribution is -2.40. The van der Waals surface area contributed by atoms with Crippen LogP contribution in [0.15, 0.2) is 0 Å². The fourth-order valence-corrected chi connectivity index (χ4v) is 3.42. The molecule has 3 heteroatoms. The van der Waals surface area contributed by atoms with Gasteiger partial charge in [0.25, 0.3) is 0 Å². The van der Waals surface area contributed by atoms with Crippen LogP contribution >= 0.6 is 0 Å². The van der Waals surface area contributed by atoms with Crippen LogP contribution in [0, 0.1) is 11.8 Å². The van der Waals surface area contributed by atoms with Crippen LogP contribution in [0.3, 0.4) is 0 Å². The zero-order valence-corrected chi connectivity index (χ0v) is 12.0. The van der Waals surface area contributed by atoms with Crippen molar-refractivity contribution in [3.8, 4) is 0 Å². The fraction of sp³-hybridized carbons (Fsp3) is 0.933. The summed E-state index contributed by atoms with van der Waals surface area (Å²) in [5.41, 5.74) is 0. The van der Waals surface area contributed by atoms with E-state index in [2.05, 4.69) is 12.2 Å². The van der Waals surface area contributed by atoms with Gasteiger partial charge in [-0.15, -0.1) is 0 Å². The minimum Gasteiger partial charge on any atom is -0.343 e. The molecule has 3 nitrogen and oxygen atoms in total. The maximum atomic E-state index is 12.2. The van der Waals surface area contributed by atoms with Gasteiger partial charge in [-0.2, -0.15) is 0 Å². The molecule has 1 saturated carbocycles. The predicted octanol–water partition coefficient (Wildman–Crippen LogP) is 2.41. The summed E-state index contributed by atoms with van der Waals surface area (Å²) in [7, 11) is 2.02. The second-order valence-corrected chi connectivity index (χ2v) is 6.15. The number of rotatable bonds is 4. The molecule has 1 unspecified atom stereocenters. The molecule has 0 radical (unpaired) electrons. The smallest absolute Gasteiger partial charge is 0.222 e. The molecule has 1 aliphatic heterocycles. The van der Waals surface area contributed by atoms with Gasteiger partial charge in [0.2, 0.25) is 5.91 Å². The van der Waals surface area contributed by atoms with Crippen molar-refractivity contribution in [1.29, 1.82) is 0 Å². The van der Waals surface area contributed by atoms with Crippen LogP contribution in [0.1, 0.15) is 51.9 Å². The molecule has 0 aromatic rings. The summed E-state index contributed by atoms with van der Waals surface area (Å²) >= 11 is 0. The van der Waals surface area contributed by atoms with Gasteiger partial charge >= 0.3 is 0 Å². The first kappa shape index (κ1) is 13.9. The van der Waals surface area contributed by atoms with E-state index in [1.807, 2.05) is 11.9 Å². The van der Waals surface area contributed by atoms with Crippen LogP contribution < -0.4 is 5.32 Å². The van der Waals surface area contributed by atoms with E-state index in [1.165, 1.54) is 38.5 Å². The Balaban J connectivity index is 1.76. The Bertz CT molecular complexity index is 266. The van der Waals surface area contributed by atoms with Crippen LogP contribution in [0.4, 0.5) is 0 Å². The molecule has 1 saturated heterocycles. The van der Waals surface area contributed by atoms with Crippen molar-refractivity contribution in [2.24, 2.45) is 11.8 Å². The van der Waals surface area contributed by atoms with Gasteiger partial charge in [0.05, 0.1) is 0 Å². The van der Waals surface area contributed by atoms with Gasteiger partial charge in [-0.25, -0.2) is 0 Å². The van der Waals surface area contributed by atoms with Crippen LogP contribution in [-0.2, 0) is 4.79 Å². The minimum absolute atomic E-state index is 0.364. The summed E-state index contributed by atoms with van der Waals surface area (Å²) in [5.74, 6) is 1.85. The van der Waals surface area contributed by atoms with Crippen LogP contribution in [0.5, 0.6) is 0 Å². The summed E-state index contributed by atoms with van der Waals surface area (Å²) in [6.45, 7) is 4.40. The standard InChI is InChI=1S/C15H28N2O/c1-3-12-4-6-14(7-5-12)17(2)15(18)10-13-8-9-16-11-13/h12-14,16H,3-11H2,1-2H3. The molecule has 0 spiro atoms. The molecule has 2 rings (SSSR count). The van der Waals surface area contributed by atoms with E-state index < -0.39 is 0 Å². The lowest BCUT2D eigenvalue weighted by Gasteiger charge is -2.35. The lowest BCUT2D eigenvalue weighted by atomic mass is 9.84. The highest BCUT2D eigenvalue weighted by molar-refractivity contribution is 5.76. The molecular weight excluding hydrogens is 224 g/mol. The van der Waals surface area contributed by atoms with E-state index >= 15 is 0 Å². The Morgan fingerprint density at radius 2 is 1.89 bits per heavy atom. The molecular formula is C15H28N2O. The summed E-state index contributed by atoms with van der Waals surface area (Å²) in [6.07, 6.45) is 8.26. The average Bonchev–Trinajstić information content (AvgIpc) is 2.91. The van der Waals surface area contributed by atoms with E-state index in [0.29, 0.717) is 17.9 Å². The van der Waals surface area contributed by atoms with Gasteiger partial charge in [0, 0.05) is 19.5 Å². The monoisotopic (exact) mass is 252 g/mol. The molecule has 2 fully saturated rings. The molecule has 0 aromatic carbocycles. The Hall–Kier alpha value is -0.570. The van der Waals surface area contributed by atoms with E-state index in [0.717, 1.165) is 25.4 Å². The number of carbonyl (C=O) groups excluding carboxylic acids is 1. The van der Waals surface area contributed by atoms with Crippen molar-refractivity contribution >= 4 is 5.91 Å². The number of carbonyl (C=O) groups is 1. The fourth-order valence-electron chi connectivity index (χ4n) is 3.42. The van der Waals surface area contributed by atoms with Crippen molar-refractivity contribution in [1.82, 2.24) is 10.2 Å². The maximum absolute atomic E-state index is 12.2. The van der Waals surface area contributed by atoms with Gasteiger partial charge in [-0.05, 0) is 57.0 Å². The predicted molar refractivity (Wildman–Crippen MR) is 74.4 cm³/mol. The van der Waals surface area contributed by atoms with Crippen LogP contribution in [-0.4, -0.2) is 37.0 Å². The number of hydrogen-bond donors (Lipinski definition) is 1. The first-order valence-corrected chi connectivity index (χ1v) is 7.67. The molecule has 0 bridgehead atoms. The third kappa shape index (κ3) is 3.47. The zero-order valence-electron chi connectivity index (χ0n) is 12.0. The Morgan fingerprint density at radius 3 is 2.44 bits per heavy atom. The Kier molecular flexibility index (Phi) is 5.04. The van der Waals surface area contributed by atoms with Crippen molar-refractivity contribution < 1.29 is 4.79 Å². The van der Waals surface area contributed by atoms with E-state index in [4.69, 9.17) is 0 Å². The van der Waals surface area contributed by atoms with Crippen molar-refractivity contribution in [3.63, 3.8) is 0 Å². The van der Waals surface area contributed by atoms with Crippen molar-refractivity contribution in [2.75, 3.05) is 20.1 Å². The third-order valence-corrected chi connectivity index (χ3v) is 4.96. The number of hydrogen-bond acceptors (Lipinski definition) is 2. The molecule has 1 heterocycles. The topological polar surface area (TPSA) is 32.3 Å². The first-order chi connectivity index (χ1) is 8.70. The Labute approximate surface area is 111 Å². The molecule has 1 amide bonds. The quantitative estimate of drug-likeness (QED) is 0.833. The molecule has 2 aliphatic rings. The largest absolute Gasteiger partial charge is 0.343 e. The van der Waals surface area contributed by atoms with Gasteiger partial charge in [0.1, 0.15) is 0 Å². The number of nitrogens with one attached hydrogen (secondary N) is 1. The van der Waals surface area contributed by atoms with Crippen molar-refractivity contribution in [2.45, 2.75) is 57.9 Å². The van der Waals surface area contributed by atoms with Gasteiger partial charge in [0.15, 0.2) is 0 Å². The second kappa shape index (κ2) is 6.55. The number of nitrogens with zero attached hydrogens (tertiary/aromatic N) is 1. The molecule has 1 atom stereocenters. The second-order valence-electron chi connectivity index (χ2n) is 6.15.